The van der Waals surface area contributed by atoms with Gasteiger partial charge in [-0.25, -0.2) is 0 Å². The predicted molar refractivity (Wildman–Crippen MR) is 105 cm³/mol. The summed E-state index contributed by atoms with van der Waals surface area (Å²) in [7, 11) is 0. The summed E-state index contributed by atoms with van der Waals surface area (Å²) in [5.41, 5.74) is 4.23. The maximum absolute atomic E-state index is 4.81. The van der Waals surface area contributed by atoms with Crippen molar-refractivity contribution in [2.45, 2.75) is 86.0 Å². The van der Waals surface area contributed by atoms with Crippen LogP contribution in [0.15, 0.2) is 22.8 Å². The molecule has 1 nitrogen and oxygen atoms in total. The monoisotopic (exact) mass is 331 g/mol. The SMILES string of the molecule is CCC/C=C(C)/N=C(/C)c1cc(C2CCC(C)(C)CC2)sc1C. The molecule has 0 bridgehead atoms. The highest BCUT2D eigenvalue weighted by Crippen LogP contribution is 2.44. The molecule has 1 heterocycles. The predicted octanol–water partition coefficient (Wildman–Crippen LogP) is 7.25. The van der Waals surface area contributed by atoms with Crippen molar-refractivity contribution in [3.8, 4) is 0 Å². The maximum Gasteiger partial charge on any atom is 0.0459 e. The molecule has 1 aromatic rings. The topological polar surface area (TPSA) is 12.4 Å². The Morgan fingerprint density at radius 1 is 1.30 bits per heavy atom. The van der Waals surface area contributed by atoms with Crippen molar-refractivity contribution in [2.24, 2.45) is 10.4 Å². The molecule has 0 unspecified atom stereocenters. The zero-order chi connectivity index (χ0) is 17.0. The molecule has 0 atom stereocenters. The van der Waals surface area contributed by atoms with E-state index in [1.54, 1.807) is 4.88 Å². The van der Waals surface area contributed by atoms with Crippen molar-refractivity contribution >= 4 is 17.0 Å². The second-order valence-electron chi connectivity index (χ2n) is 7.89. The number of thiophene rings is 1. The molecule has 1 fully saturated rings. The van der Waals surface area contributed by atoms with Gasteiger partial charge in [-0.05, 0) is 70.3 Å². The summed E-state index contributed by atoms with van der Waals surface area (Å²) < 4.78 is 0. The summed E-state index contributed by atoms with van der Waals surface area (Å²) in [5.74, 6) is 0.769. The molecular weight excluding hydrogens is 298 g/mol. The van der Waals surface area contributed by atoms with Gasteiger partial charge in [0.1, 0.15) is 0 Å². The van der Waals surface area contributed by atoms with Gasteiger partial charge in [0.15, 0.2) is 0 Å². The molecule has 23 heavy (non-hydrogen) atoms. The Morgan fingerprint density at radius 3 is 2.57 bits per heavy atom. The number of aryl methyl sites for hydroxylation is 1. The molecule has 0 aliphatic heterocycles. The molecule has 1 saturated carbocycles. The van der Waals surface area contributed by atoms with Crippen LogP contribution in [-0.2, 0) is 0 Å². The van der Waals surface area contributed by atoms with Gasteiger partial charge in [-0.1, -0.05) is 33.3 Å². The highest BCUT2D eigenvalue weighted by atomic mass is 32.1. The molecule has 2 rings (SSSR count). The molecule has 0 saturated heterocycles. The second-order valence-corrected chi connectivity index (χ2v) is 9.18. The Balaban J connectivity index is 2.13. The summed E-state index contributed by atoms with van der Waals surface area (Å²) in [6.45, 7) is 13.6. The van der Waals surface area contributed by atoms with Crippen molar-refractivity contribution in [1.82, 2.24) is 0 Å². The fourth-order valence-electron chi connectivity index (χ4n) is 3.47. The van der Waals surface area contributed by atoms with Crippen LogP contribution in [0, 0.1) is 12.3 Å². The van der Waals surface area contributed by atoms with Gasteiger partial charge < -0.3 is 0 Å². The molecule has 1 aliphatic rings. The summed E-state index contributed by atoms with van der Waals surface area (Å²) >= 11 is 1.99. The minimum atomic E-state index is 0.546. The number of rotatable bonds is 5. The van der Waals surface area contributed by atoms with Crippen molar-refractivity contribution in [3.05, 3.63) is 33.2 Å². The summed E-state index contributed by atoms with van der Waals surface area (Å²) in [5, 5.41) is 0. The lowest BCUT2D eigenvalue weighted by Crippen LogP contribution is -2.19. The van der Waals surface area contributed by atoms with E-state index in [-0.39, 0.29) is 0 Å². The van der Waals surface area contributed by atoms with Gasteiger partial charge in [0.25, 0.3) is 0 Å². The summed E-state index contributed by atoms with van der Waals surface area (Å²) in [4.78, 5) is 7.82. The normalized spacial score (nSPS) is 20.1. The highest BCUT2D eigenvalue weighted by molar-refractivity contribution is 7.12. The quantitative estimate of drug-likeness (QED) is 0.504. The third-order valence-corrected chi connectivity index (χ3v) is 6.35. The van der Waals surface area contributed by atoms with E-state index in [1.807, 2.05) is 11.3 Å². The molecule has 0 spiro atoms. The van der Waals surface area contributed by atoms with Crippen LogP contribution in [-0.4, -0.2) is 5.71 Å². The Morgan fingerprint density at radius 2 is 1.96 bits per heavy atom. The van der Waals surface area contributed by atoms with Crippen LogP contribution in [0.1, 0.15) is 94.4 Å². The molecule has 128 valence electrons. The fourth-order valence-corrected chi connectivity index (χ4v) is 4.72. The standard InChI is InChI=1S/C21H33NS/c1-7-8-9-15(2)22-16(3)19-14-20(23-17(19)4)18-10-12-21(5,6)13-11-18/h9,14,18H,7-8,10-13H2,1-6H3/b15-9+,22-16-. The Labute approximate surface area is 146 Å². The number of allylic oxidation sites excluding steroid dienone is 2. The van der Waals surface area contributed by atoms with E-state index < -0.39 is 0 Å². The van der Waals surface area contributed by atoms with Gasteiger partial charge in [0, 0.05) is 26.7 Å². The first-order valence-corrected chi connectivity index (χ1v) is 9.97. The van der Waals surface area contributed by atoms with E-state index in [9.17, 15) is 0 Å². The first-order valence-electron chi connectivity index (χ1n) is 9.15. The minimum absolute atomic E-state index is 0.546. The molecular formula is C21H33NS. The number of unbranched alkanes of at least 4 members (excludes halogenated alkanes) is 1. The zero-order valence-corrected chi connectivity index (χ0v) is 16.6. The Kier molecular flexibility index (Phi) is 6.25. The number of hydrogen-bond acceptors (Lipinski definition) is 2. The van der Waals surface area contributed by atoms with Gasteiger partial charge in [0.2, 0.25) is 0 Å². The molecule has 0 radical (unpaired) electrons. The zero-order valence-electron chi connectivity index (χ0n) is 15.8. The third-order valence-electron chi connectivity index (χ3n) is 5.14. The first-order chi connectivity index (χ1) is 10.8. The van der Waals surface area contributed by atoms with E-state index in [0.29, 0.717) is 5.41 Å². The van der Waals surface area contributed by atoms with Crippen LogP contribution >= 0.6 is 11.3 Å². The van der Waals surface area contributed by atoms with Crippen LogP contribution in [0.3, 0.4) is 0 Å². The molecule has 0 N–H and O–H groups in total. The van der Waals surface area contributed by atoms with Gasteiger partial charge in [-0.2, -0.15) is 0 Å². The van der Waals surface area contributed by atoms with Crippen molar-refractivity contribution in [2.75, 3.05) is 0 Å². The average Bonchev–Trinajstić information content (AvgIpc) is 2.87. The van der Waals surface area contributed by atoms with Gasteiger partial charge in [-0.3, -0.25) is 4.99 Å². The third kappa shape index (κ3) is 5.04. The average molecular weight is 332 g/mol. The summed E-state index contributed by atoms with van der Waals surface area (Å²) in [6.07, 6.45) is 9.96. The van der Waals surface area contributed by atoms with Gasteiger partial charge >= 0.3 is 0 Å². The smallest absolute Gasteiger partial charge is 0.0459 e. The Hall–Kier alpha value is -0.890. The van der Waals surface area contributed by atoms with Crippen LogP contribution in [0.4, 0.5) is 0 Å². The van der Waals surface area contributed by atoms with E-state index in [2.05, 4.69) is 53.7 Å². The van der Waals surface area contributed by atoms with Crippen LogP contribution in [0.25, 0.3) is 0 Å². The minimum Gasteiger partial charge on any atom is -0.258 e. The lowest BCUT2D eigenvalue weighted by atomic mass is 9.73. The Bertz CT molecular complexity index is 579. The first kappa shape index (κ1) is 18.4. The lowest BCUT2D eigenvalue weighted by Gasteiger charge is -2.33. The van der Waals surface area contributed by atoms with E-state index in [1.165, 1.54) is 48.3 Å². The fraction of sp³-hybridized carbons (Fsp3) is 0.667. The van der Waals surface area contributed by atoms with Crippen LogP contribution < -0.4 is 0 Å². The van der Waals surface area contributed by atoms with Gasteiger partial charge in [-0.15, -0.1) is 11.3 Å². The maximum atomic E-state index is 4.81. The van der Waals surface area contributed by atoms with Crippen molar-refractivity contribution < 1.29 is 0 Å². The van der Waals surface area contributed by atoms with Crippen molar-refractivity contribution in [1.29, 1.82) is 0 Å². The molecule has 0 aromatic carbocycles. The highest BCUT2D eigenvalue weighted by Gasteiger charge is 2.28. The molecule has 0 amide bonds. The second kappa shape index (κ2) is 7.79. The number of nitrogens with zero attached hydrogens (tertiary/aromatic N) is 1. The molecule has 2 heteroatoms. The summed E-state index contributed by atoms with van der Waals surface area (Å²) in [6, 6.07) is 2.43. The van der Waals surface area contributed by atoms with Crippen LogP contribution in [0.5, 0.6) is 0 Å². The van der Waals surface area contributed by atoms with Crippen molar-refractivity contribution in [3.63, 3.8) is 0 Å². The number of aliphatic imine (C=N–C) groups is 1. The van der Waals surface area contributed by atoms with Crippen LogP contribution in [0.2, 0.25) is 0 Å². The largest absolute Gasteiger partial charge is 0.258 e. The molecule has 1 aliphatic carbocycles. The van der Waals surface area contributed by atoms with E-state index in [4.69, 9.17) is 4.99 Å². The van der Waals surface area contributed by atoms with Gasteiger partial charge in [0.05, 0.1) is 0 Å². The van der Waals surface area contributed by atoms with E-state index in [0.717, 1.165) is 18.0 Å². The molecule has 1 aromatic heterocycles. The van der Waals surface area contributed by atoms with E-state index >= 15 is 0 Å². The number of hydrogen-bond donors (Lipinski definition) is 0. The lowest BCUT2D eigenvalue weighted by molar-refractivity contribution is 0.226.